The number of ether oxygens (including phenoxy) is 2. The fourth-order valence-corrected chi connectivity index (χ4v) is 3.39. The number of aromatic nitrogens is 2. The second-order valence-corrected chi connectivity index (χ2v) is 6.08. The van der Waals surface area contributed by atoms with Crippen LogP contribution in [-0.2, 0) is 9.47 Å². The van der Waals surface area contributed by atoms with E-state index in [0.29, 0.717) is 23.9 Å². The van der Waals surface area contributed by atoms with Crippen LogP contribution in [0, 0.1) is 13.8 Å². The summed E-state index contributed by atoms with van der Waals surface area (Å²) < 4.78 is 10.3. The van der Waals surface area contributed by atoms with Crippen molar-refractivity contribution in [2.24, 2.45) is 0 Å². The van der Waals surface area contributed by atoms with Crippen molar-refractivity contribution in [1.29, 1.82) is 0 Å². The molecule has 120 valence electrons. The van der Waals surface area contributed by atoms with Crippen LogP contribution in [0.25, 0.3) is 10.2 Å². The summed E-state index contributed by atoms with van der Waals surface area (Å²) >= 11 is 1.34. The minimum Gasteiger partial charge on any atom is -0.462 e. The lowest BCUT2D eigenvalue weighted by Crippen LogP contribution is -2.22. The summed E-state index contributed by atoms with van der Waals surface area (Å²) in [7, 11) is 1.66. The molecule has 0 radical (unpaired) electrons. The maximum atomic E-state index is 12.1. The molecule has 0 saturated heterocycles. The van der Waals surface area contributed by atoms with E-state index in [2.05, 4.69) is 15.3 Å². The Bertz CT molecular complexity index is 684. The highest BCUT2D eigenvalue weighted by atomic mass is 32.1. The summed E-state index contributed by atoms with van der Waals surface area (Å²) in [4.78, 5) is 22.4. The third kappa shape index (κ3) is 3.36. The standard InChI is InChI=1S/C15H21N3O3S/c1-6-21-15(19)12-9(3)11-13(16-8(2)7-20-5)17-10(4)18-14(11)22-12/h8H,6-7H2,1-5H3,(H,16,17,18)/t8-/m0/s1. The van der Waals surface area contributed by atoms with Crippen molar-refractivity contribution in [2.75, 3.05) is 25.6 Å². The Labute approximate surface area is 133 Å². The maximum absolute atomic E-state index is 12.1. The normalized spacial score (nSPS) is 12.4. The van der Waals surface area contributed by atoms with Crippen LogP contribution in [0.1, 0.15) is 34.9 Å². The van der Waals surface area contributed by atoms with Crippen LogP contribution in [-0.4, -0.2) is 42.3 Å². The zero-order chi connectivity index (χ0) is 16.3. The molecule has 0 amide bonds. The molecule has 0 aliphatic rings. The van der Waals surface area contributed by atoms with Crippen LogP contribution in [0.15, 0.2) is 0 Å². The van der Waals surface area contributed by atoms with Gasteiger partial charge in [0.2, 0.25) is 0 Å². The molecule has 1 N–H and O–H groups in total. The first-order valence-corrected chi connectivity index (χ1v) is 7.99. The van der Waals surface area contributed by atoms with Gasteiger partial charge in [0.15, 0.2) is 0 Å². The number of hydrogen-bond acceptors (Lipinski definition) is 7. The van der Waals surface area contributed by atoms with Gasteiger partial charge in [-0.05, 0) is 33.3 Å². The fourth-order valence-electron chi connectivity index (χ4n) is 2.27. The van der Waals surface area contributed by atoms with Gasteiger partial charge in [-0.3, -0.25) is 0 Å². The van der Waals surface area contributed by atoms with Crippen molar-refractivity contribution >= 4 is 33.3 Å². The second kappa shape index (κ2) is 7.02. The average molecular weight is 323 g/mol. The Balaban J connectivity index is 2.50. The molecule has 22 heavy (non-hydrogen) atoms. The number of fused-ring (bicyclic) bond motifs is 1. The van der Waals surface area contributed by atoms with E-state index in [1.807, 2.05) is 20.8 Å². The third-order valence-electron chi connectivity index (χ3n) is 3.16. The number of nitrogens with zero attached hydrogens (tertiary/aromatic N) is 2. The number of methoxy groups -OCH3 is 1. The van der Waals surface area contributed by atoms with Crippen molar-refractivity contribution in [1.82, 2.24) is 9.97 Å². The second-order valence-electron chi connectivity index (χ2n) is 5.08. The van der Waals surface area contributed by atoms with Gasteiger partial charge < -0.3 is 14.8 Å². The highest BCUT2D eigenvalue weighted by molar-refractivity contribution is 7.20. The number of carbonyl (C=O) groups excluding carboxylic acids is 1. The monoisotopic (exact) mass is 323 g/mol. The minimum absolute atomic E-state index is 0.104. The van der Waals surface area contributed by atoms with Crippen LogP contribution in [0.2, 0.25) is 0 Å². The molecule has 0 fully saturated rings. The Hall–Kier alpha value is -1.73. The number of rotatable bonds is 6. The Morgan fingerprint density at radius 1 is 1.36 bits per heavy atom. The summed E-state index contributed by atoms with van der Waals surface area (Å²) in [5, 5.41) is 4.21. The van der Waals surface area contributed by atoms with Crippen molar-refractivity contribution in [3.63, 3.8) is 0 Å². The van der Waals surface area contributed by atoms with Crippen LogP contribution >= 0.6 is 11.3 Å². The van der Waals surface area contributed by atoms with E-state index in [4.69, 9.17) is 9.47 Å². The largest absolute Gasteiger partial charge is 0.462 e. The molecule has 0 aliphatic carbocycles. The van der Waals surface area contributed by atoms with Gasteiger partial charge in [-0.1, -0.05) is 0 Å². The number of anilines is 1. The van der Waals surface area contributed by atoms with Gasteiger partial charge in [-0.25, -0.2) is 14.8 Å². The first-order chi connectivity index (χ1) is 10.5. The van der Waals surface area contributed by atoms with Crippen LogP contribution in [0.3, 0.4) is 0 Å². The molecule has 7 heteroatoms. The molecular formula is C15H21N3O3S. The Morgan fingerprint density at radius 2 is 2.09 bits per heavy atom. The van der Waals surface area contributed by atoms with Crippen LogP contribution < -0.4 is 5.32 Å². The molecule has 0 aromatic carbocycles. The van der Waals surface area contributed by atoms with E-state index in [9.17, 15) is 4.79 Å². The summed E-state index contributed by atoms with van der Waals surface area (Å²) in [6, 6.07) is 0.104. The van der Waals surface area contributed by atoms with Gasteiger partial charge in [-0.15, -0.1) is 11.3 Å². The lowest BCUT2D eigenvalue weighted by molar-refractivity contribution is 0.0531. The van der Waals surface area contributed by atoms with Crippen molar-refractivity contribution < 1.29 is 14.3 Å². The zero-order valence-corrected chi connectivity index (χ0v) is 14.3. The fraction of sp³-hybridized carbons (Fsp3) is 0.533. The van der Waals surface area contributed by atoms with E-state index in [1.54, 1.807) is 14.0 Å². The number of thiophene rings is 1. The highest BCUT2D eigenvalue weighted by Crippen LogP contribution is 2.34. The first kappa shape index (κ1) is 16.6. The van der Waals surface area contributed by atoms with E-state index in [-0.39, 0.29) is 12.0 Å². The van der Waals surface area contributed by atoms with Gasteiger partial charge in [-0.2, -0.15) is 0 Å². The van der Waals surface area contributed by atoms with Gasteiger partial charge in [0.05, 0.1) is 18.6 Å². The molecule has 0 saturated carbocycles. The number of hydrogen-bond donors (Lipinski definition) is 1. The van der Waals surface area contributed by atoms with Gasteiger partial charge in [0.1, 0.15) is 21.3 Å². The number of esters is 1. The van der Waals surface area contributed by atoms with Crippen molar-refractivity contribution in [3.8, 4) is 0 Å². The van der Waals surface area contributed by atoms with Crippen LogP contribution in [0.5, 0.6) is 0 Å². The molecule has 0 spiro atoms. The van der Waals surface area contributed by atoms with E-state index >= 15 is 0 Å². The number of carbonyl (C=O) groups is 1. The molecule has 2 aromatic rings. The predicted octanol–water partition coefficient (Wildman–Crippen LogP) is 2.93. The van der Waals surface area contributed by atoms with E-state index < -0.39 is 0 Å². The molecule has 2 heterocycles. The third-order valence-corrected chi connectivity index (χ3v) is 4.33. The molecule has 2 aromatic heterocycles. The van der Waals surface area contributed by atoms with Gasteiger partial charge >= 0.3 is 5.97 Å². The van der Waals surface area contributed by atoms with Crippen LogP contribution in [0.4, 0.5) is 5.82 Å². The molecule has 6 nitrogen and oxygen atoms in total. The summed E-state index contributed by atoms with van der Waals surface area (Å²) in [5.74, 6) is 1.09. The summed E-state index contributed by atoms with van der Waals surface area (Å²) in [6.45, 7) is 8.47. The molecule has 2 rings (SSSR count). The maximum Gasteiger partial charge on any atom is 0.348 e. The highest BCUT2D eigenvalue weighted by Gasteiger charge is 2.21. The smallest absolute Gasteiger partial charge is 0.348 e. The van der Waals surface area contributed by atoms with Crippen molar-refractivity contribution in [3.05, 3.63) is 16.3 Å². The number of nitrogens with one attached hydrogen (secondary N) is 1. The van der Waals surface area contributed by atoms with Gasteiger partial charge in [0, 0.05) is 13.2 Å². The Kier molecular flexibility index (Phi) is 5.31. The summed E-state index contributed by atoms with van der Waals surface area (Å²) in [5.41, 5.74) is 0.852. The quantitative estimate of drug-likeness (QED) is 0.824. The molecule has 0 unspecified atom stereocenters. The summed E-state index contributed by atoms with van der Waals surface area (Å²) in [6.07, 6.45) is 0. The lowest BCUT2D eigenvalue weighted by atomic mass is 10.2. The van der Waals surface area contributed by atoms with Crippen molar-refractivity contribution in [2.45, 2.75) is 33.7 Å². The van der Waals surface area contributed by atoms with E-state index in [1.165, 1.54) is 11.3 Å². The lowest BCUT2D eigenvalue weighted by Gasteiger charge is -2.14. The van der Waals surface area contributed by atoms with Gasteiger partial charge in [0.25, 0.3) is 0 Å². The molecule has 1 atom stereocenters. The minimum atomic E-state index is -0.309. The molecular weight excluding hydrogens is 302 g/mol. The molecule has 0 aliphatic heterocycles. The zero-order valence-electron chi connectivity index (χ0n) is 13.5. The first-order valence-electron chi connectivity index (χ1n) is 7.18. The predicted molar refractivity (Wildman–Crippen MR) is 87.8 cm³/mol. The average Bonchev–Trinajstić information content (AvgIpc) is 2.76. The topological polar surface area (TPSA) is 73.3 Å². The van der Waals surface area contributed by atoms with E-state index in [0.717, 1.165) is 21.6 Å². The SMILES string of the molecule is CCOC(=O)c1sc2nc(C)nc(N[C@@H](C)COC)c2c1C. The number of aryl methyl sites for hydroxylation is 2. The Morgan fingerprint density at radius 3 is 2.73 bits per heavy atom. The molecule has 0 bridgehead atoms.